The minimum atomic E-state index is -4.61. The maximum atomic E-state index is 15.1. The molecule has 1 unspecified atom stereocenters. The molecule has 1 fully saturated rings. The van der Waals surface area contributed by atoms with Crippen molar-refractivity contribution >= 4 is 17.3 Å². The Morgan fingerprint density at radius 1 is 0.907 bits per heavy atom. The number of halogens is 6. The molecule has 0 spiro atoms. The van der Waals surface area contributed by atoms with Gasteiger partial charge in [-0.1, -0.05) is 12.1 Å². The number of piperazine rings is 1. The van der Waals surface area contributed by atoms with Gasteiger partial charge in [0.2, 0.25) is 0 Å². The van der Waals surface area contributed by atoms with E-state index in [-0.39, 0.29) is 35.6 Å². The van der Waals surface area contributed by atoms with Crippen LogP contribution in [0.15, 0.2) is 73.3 Å². The van der Waals surface area contributed by atoms with Crippen LogP contribution in [0.5, 0.6) is 0 Å². The topological polar surface area (TPSA) is 86.5 Å². The van der Waals surface area contributed by atoms with Crippen LogP contribution in [-0.4, -0.2) is 63.4 Å². The van der Waals surface area contributed by atoms with Gasteiger partial charge in [-0.2, -0.15) is 18.3 Å². The fourth-order valence-corrected chi connectivity index (χ4v) is 5.07. The predicted molar refractivity (Wildman–Crippen MR) is 145 cm³/mol. The summed E-state index contributed by atoms with van der Waals surface area (Å²) < 4.78 is 83.7. The minimum absolute atomic E-state index is 0.0216. The SMILES string of the molecule is O=C(Nc1ccc(N2CCN(CC(O)(Cn3cncn3)c3ccc(F)cc3F)CC2)c(F)c1)c1cccc(C(F)(F)F)c1. The lowest BCUT2D eigenvalue weighted by molar-refractivity contribution is -0.137. The molecule has 5 rings (SSSR count). The van der Waals surface area contributed by atoms with Gasteiger partial charge in [0.05, 0.1) is 17.8 Å². The number of benzene rings is 3. The summed E-state index contributed by atoms with van der Waals surface area (Å²) in [4.78, 5) is 20.0. The molecule has 0 bridgehead atoms. The fraction of sp³-hybridized carbons (Fsp3) is 0.276. The summed E-state index contributed by atoms with van der Waals surface area (Å²) >= 11 is 0. The maximum Gasteiger partial charge on any atom is 0.416 e. The molecule has 14 heteroatoms. The normalized spacial score (nSPS) is 15.7. The van der Waals surface area contributed by atoms with Crippen LogP contribution < -0.4 is 10.2 Å². The number of rotatable bonds is 8. The molecule has 1 saturated heterocycles. The van der Waals surface area contributed by atoms with Crippen LogP contribution in [0.3, 0.4) is 0 Å². The first kappa shape index (κ1) is 30.0. The van der Waals surface area contributed by atoms with Crippen molar-refractivity contribution in [3.8, 4) is 0 Å². The van der Waals surface area contributed by atoms with E-state index in [9.17, 15) is 31.9 Å². The highest BCUT2D eigenvalue weighted by molar-refractivity contribution is 6.04. The largest absolute Gasteiger partial charge is 0.416 e. The molecule has 1 aliphatic heterocycles. The predicted octanol–water partition coefficient (Wildman–Crippen LogP) is 4.68. The number of alkyl halides is 3. The molecular formula is C29H26F6N6O2. The van der Waals surface area contributed by atoms with E-state index in [2.05, 4.69) is 15.4 Å². The molecule has 1 atom stereocenters. The third kappa shape index (κ3) is 6.97. The zero-order chi connectivity index (χ0) is 30.8. The third-order valence-electron chi connectivity index (χ3n) is 7.18. The Balaban J connectivity index is 1.24. The summed E-state index contributed by atoms with van der Waals surface area (Å²) in [5.74, 6) is -3.14. The molecule has 1 aromatic heterocycles. The smallest absolute Gasteiger partial charge is 0.382 e. The van der Waals surface area contributed by atoms with E-state index in [1.807, 2.05) is 4.90 Å². The van der Waals surface area contributed by atoms with Gasteiger partial charge in [0.15, 0.2) is 0 Å². The summed E-state index contributed by atoms with van der Waals surface area (Å²) in [7, 11) is 0. The van der Waals surface area contributed by atoms with Gasteiger partial charge in [0.1, 0.15) is 35.7 Å². The van der Waals surface area contributed by atoms with Gasteiger partial charge in [0, 0.05) is 55.6 Å². The van der Waals surface area contributed by atoms with Crippen LogP contribution in [0, 0.1) is 17.5 Å². The van der Waals surface area contributed by atoms with Crippen molar-refractivity contribution in [3.63, 3.8) is 0 Å². The van der Waals surface area contributed by atoms with Crippen molar-refractivity contribution in [3.05, 3.63) is 107 Å². The Morgan fingerprint density at radius 3 is 2.33 bits per heavy atom. The van der Waals surface area contributed by atoms with Gasteiger partial charge in [-0.25, -0.2) is 22.8 Å². The molecule has 0 radical (unpaired) electrons. The van der Waals surface area contributed by atoms with E-state index in [0.717, 1.165) is 30.3 Å². The average molecular weight is 605 g/mol. The summed E-state index contributed by atoms with van der Waals surface area (Å²) in [6.45, 7) is 1.27. The average Bonchev–Trinajstić information content (AvgIpc) is 3.46. The van der Waals surface area contributed by atoms with Gasteiger partial charge in [0.25, 0.3) is 5.91 Å². The molecule has 2 heterocycles. The highest BCUT2D eigenvalue weighted by atomic mass is 19.4. The van der Waals surface area contributed by atoms with Crippen LogP contribution in [-0.2, 0) is 18.3 Å². The molecular weight excluding hydrogens is 578 g/mol. The van der Waals surface area contributed by atoms with E-state index in [1.165, 1.54) is 41.6 Å². The molecule has 0 saturated carbocycles. The quantitative estimate of drug-likeness (QED) is 0.285. The molecule has 3 aromatic carbocycles. The first-order valence-corrected chi connectivity index (χ1v) is 13.2. The number of hydrogen-bond donors (Lipinski definition) is 2. The summed E-state index contributed by atoms with van der Waals surface area (Å²) in [6.07, 6.45) is -1.96. The second kappa shape index (κ2) is 12.1. The molecule has 2 N–H and O–H groups in total. The van der Waals surface area contributed by atoms with Crippen molar-refractivity contribution in [2.24, 2.45) is 0 Å². The van der Waals surface area contributed by atoms with Crippen LogP contribution in [0.4, 0.5) is 37.7 Å². The molecule has 43 heavy (non-hydrogen) atoms. The third-order valence-corrected chi connectivity index (χ3v) is 7.18. The van der Waals surface area contributed by atoms with Gasteiger partial charge in [-0.3, -0.25) is 9.69 Å². The number of carbonyl (C=O) groups is 1. The van der Waals surface area contributed by atoms with E-state index in [1.54, 1.807) is 4.90 Å². The first-order valence-electron chi connectivity index (χ1n) is 13.2. The molecule has 0 aliphatic carbocycles. The molecule has 1 aliphatic rings. The highest BCUT2D eigenvalue weighted by Crippen LogP contribution is 2.31. The van der Waals surface area contributed by atoms with Crippen molar-refractivity contribution in [2.75, 3.05) is 42.9 Å². The zero-order valence-corrected chi connectivity index (χ0v) is 22.5. The number of nitrogens with zero attached hydrogens (tertiary/aromatic N) is 5. The van der Waals surface area contributed by atoms with Gasteiger partial charge in [-0.05, 0) is 42.5 Å². The number of aliphatic hydroxyl groups is 1. The van der Waals surface area contributed by atoms with E-state index in [4.69, 9.17) is 0 Å². The number of nitrogens with one attached hydrogen (secondary N) is 1. The Labute approximate surface area is 242 Å². The first-order chi connectivity index (χ1) is 20.4. The van der Waals surface area contributed by atoms with Crippen LogP contribution in [0.1, 0.15) is 21.5 Å². The monoisotopic (exact) mass is 604 g/mol. The fourth-order valence-electron chi connectivity index (χ4n) is 5.07. The van der Waals surface area contributed by atoms with E-state index in [0.29, 0.717) is 32.2 Å². The molecule has 8 nitrogen and oxygen atoms in total. The Kier molecular flexibility index (Phi) is 8.42. The standard InChI is InChI=1S/C29H26F6N6O2/c30-21-4-6-23(24(31)13-21)28(43,16-41-18-36-17-37-41)15-39-8-10-40(11-9-39)26-7-5-22(14-25(26)32)38-27(42)19-2-1-3-20(12-19)29(33,34)35/h1-7,12-14,17-18,43H,8-11,15-16H2,(H,38,42). The van der Waals surface area contributed by atoms with Crippen molar-refractivity contribution in [2.45, 2.75) is 18.3 Å². The Hall–Kier alpha value is -4.43. The number of anilines is 2. The highest BCUT2D eigenvalue weighted by Gasteiger charge is 2.37. The molecule has 1 amide bonds. The van der Waals surface area contributed by atoms with Crippen LogP contribution >= 0.6 is 0 Å². The number of β-amino-alcohol motifs (C(OH)–C–C–N with tert-alkyl or cyclic N) is 1. The maximum absolute atomic E-state index is 15.1. The lowest BCUT2D eigenvalue weighted by Gasteiger charge is -2.40. The Morgan fingerprint density at radius 2 is 1.67 bits per heavy atom. The van der Waals surface area contributed by atoms with Gasteiger partial charge in [-0.15, -0.1) is 0 Å². The number of hydrogen-bond acceptors (Lipinski definition) is 6. The number of carbonyl (C=O) groups excluding carboxylic acids is 1. The number of amides is 1. The molecule has 4 aromatic rings. The van der Waals surface area contributed by atoms with Crippen molar-refractivity contribution < 1.29 is 36.2 Å². The van der Waals surface area contributed by atoms with Crippen molar-refractivity contribution in [1.29, 1.82) is 0 Å². The minimum Gasteiger partial charge on any atom is -0.382 e. The lowest BCUT2D eigenvalue weighted by Crippen LogP contribution is -2.52. The second-order valence-corrected chi connectivity index (χ2v) is 10.2. The lowest BCUT2D eigenvalue weighted by atomic mass is 9.92. The number of aromatic nitrogens is 3. The van der Waals surface area contributed by atoms with Crippen LogP contribution in [0.2, 0.25) is 0 Å². The Bertz CT molecular complexity index is 1590. The summed E-state index contributed by atoms with van der Waals surface area (Å²) in [5, 5.41) is 18.0. The summed E-state index contributed by atoms with van der Waals surface area (Å²) in [5.41, 5.74) is -2.75. The van der Waals surface area contributed by atoms with Gasteiger partial charge < -0.3 is 15.3 Å². The van der Waals surface area contributed by atoms with Crippen LogP contribution in [0.25, 0.3) is 0 Å². The van der Waals surface area contributed by atoms with E-state index < -0.39 is 40.7 Å². The zero-order valence-electron chi connectivity index (χ0n) is 22.5. The summed E-state index contributed by atoms with van der Waals surface area (Å²) in [6, 6.07) is 10.9. The van der Waals surface area contributed by atoms with Gasteiger partial charge >= 0.3 is 6.18 Å². The second-order valence-electron chi connectivity index (χ2n) is 10.2. The van der Waals surface area contributed by atoms with Crippen molar-refractivity contribution in [1.82, 2.24) is 19.7 Å². The van der Waals surface area contributed by atoms with E-state index >= 15 is 4.39 Å². The molecule has 226 valence electrons.